The van der Waals surface area contributed by atoms with E-state index in [0.29, 0.717) is 6.10 Å². The first-order valence-electron chi connectivity index (χ1n) is 7.81. The maximum Gasteiger partial charge on any atom is 0.185 e. The van der Waals surface area contributed by atoms with Crippen molar-refractivity contribution in [2.45, 2.75) is 57.7 Å². The van der Waals surface area contributed by atoms with E-state index in [4.69, 9.17) is 9.72 Å². The molecule has 2 fully saturated rings. The van der Waals surface area contributed by atoms with Crippen molar-refractivity contribution in [3.8, 4) is 0 Å². The molecule has 1 aromatic heterocycles. The molecule has 1 aliphatic heterocycles. The molecule has 112 valence electrons. The fourth-order valence-corrected chi connectivity index (χ4v) is 3.71. The van der Waals surface area contributed by atoms with Crippen molar-refractivity contribution in [2.75, 3.05) is 25.1 Å². The highest BCUT2D eigenvalue weighted by Gasteiger charge is 2.23. The van der Waals surface area contributed by atoms with Gasteiger partial charge in [0.05, 0.1) is 11.8 Å². The summed E-state index contributed by atoms with van der Waals surface area (Å²) >= 11 is 1.84. The summed E-state index contributed by atoms with van der Waals surface area (Å²) in [6.45, 7) is 5.07. The first-order valence-corrected chi connectivity index (χ1v) is 8.62. The lowest BCUT2D eigenvalue weighted by molar-refractivity contribution is 0.116. The number of nitrogens with one attached hydrogen (secondary N) is 1. The van der Waals surface area contributed by atoms with Gasteiger partial charge in [-0.15, -0.1) is 11.3 Å². The van der Waals surface area contributed by atoms with Gasteiger partial charge in [0.2, 0.25) is 0 Å². The Labute approximate surface area is 125 Å². The van der Waals surface area contributed by atoms with Crippen molar-refractivity contribution in [2.24, 2.45) is 0 Å². The van der Waals surface area contributed by atoms with Crippen LogP contribution in [0, 0.1) is 0 Å². The molecular formula is C15H25N3OS. The molecule has 1 saturated carbocycles. The SMILES string of the molecule is CCc1nc(N(C)CC2CCCO2)sc1CNC1CC1. The minimum Gasteiger partial charge on any atom is -0.376 e. The van der Waals surface area contributed by atoms with Crippen molar-refractivity contribution in [1.29, 1.82) is 0 Å². The van der Waals surface area contributed by atoms with Crippen LogP contribution in [-0.4, -0.2) is 37.3 Å². The molecule has 1 unspecified atom stereocenters. The van der Waals surface area contributed by atoms with Crippen LogP contribution in [0.3, 0.4) is 0 Å². The third kappa shape index (κ3) is 3.51. The smallest absolute Gasteiger partial charge is 0.185 e. The molecule has 2 aliphatic rings. The van der Waals surface area contributed by atoms with Gasteiger partial charge in [-0.25, -0.2) is 4.98 Å². The van der Waals surface area contributed by atoms with Gasteiger partial charge in [0.15, 0.2) is 5.13 Å². The van der Waals surface area contributed by atoms with Gasteiger partial charge < -0.3 is 15.0 Å². The number of rotatable bonds is 7. The largest absolute Gasteiger partial charge is 0.376 e. The molecule has 2 heterocycles. The van der Waals surface area contributed by atoms with Crippen LogP contribution in [0.4, 0.5) is 5.13 Å². The molecule has 1 aromatic rings. The maximum absolute atomic E-state index is 5.72. The average molecular weight is 295 g/mol. The monoisotopic (exact) mass is 295 g/mol. The summed E-state index contributed by atoms with van der Waals surface area (Å²) in [6, 6.07) is 0.759. The van der Waals surface area contributed by atoms with Crippen LogP contribution in [0.5, 0.6) is 0 Å². The number of aromatic nitrogens is 1. The lowest BCUT2D eigenvalue weighted by atomic mass is 10.2. The van der Waals surface area contributed by atoms with Crippen molar-refractivity contribution in [1.82, 2.24) is 10.3 Å². The van der Waals surface area contributed by atoms with Crippen LogP contribution in [0.1, 0.15) is 43.2 Å². The Hall–Kier alpha value is -0.650. The first kappa shape index (κ1) is 14.3. The van der Waals surface area contributed by atoms with Gasteiger partial charge in [0, 0.05) is 37.7 Å². The van der Waals surface area contributed by atoms with Gasteiger partial charge in [0.25, 0.3) is 0 Å². The van der Waals surface area contributed by atoms with E-state index in [2.05, 4.69) is 24.2 Å². The number of nitrogens with zero attached hydrogens (tertiary/aromatic N) is 2. The quantitative estimate of drug-likeness (QED) is 0.839. The number of thiazole rings is 1. The molecule has 0 amide bonds. The second kappa shape index (κ2) is 6.41. The van der Waals surface area contributed by atoms with Gasteiger partial charge in [-0.2, -0.15) is 0 Å². The van der Waals surface area contributed by atoms with Crippen LogP contribution < -0.4 is 10.2 Å². The summed E-state index contributed by atoms with van der Waals surface area (Å²) in [5, 5.41) is 4.74. The van der Waals surface area contributed by atoms with E-state index >= 15 is 0 Å². The molecule has 4 nitrogen and oxygen atoms in total. The number of likely N-dealkylation sites (N-methyl/N-ethyl adjacent to an activating group) is 1. The second-order valence-corrected chi connectivity index (χ2v) is 6.95. The van der Waals surface area contributed by atoms with Crippen LogP contribution in [0.25, 0.3) is 0 Å². The Balaban J connectivity index is 1.61. The second-order valence-electron chi connectivity index (χ2n) is 5.89. The topological polar surface area (TPSA) is 37.4 Å². The zero-order valence-corrected chi connectivity index (χ0v) is 13.3. The highest BCUT2D eigenvalue weighted by Crippen LogP contribution is 2.28. The molecule has 0 bridgehead atoms. The first-order chi connectivity index (χ1) is 9.76. The predicted octanol–water partition coefficient (Wildman–Crippen LogP) is 2.57. The maximum atomic E-state index is 5.72. The Kier molecular flexibility index (Phi) is 4.58. The normalized spacial score (nSPS) is 22.4. The molecule has 1 N–H and O–H groups in total. The minimum atomic E-state index is 0.391. The zero-order chi connectivity index (χ0) is 13.9. The van der Waals surface area contributed by atoms with Crippen molar-refractivity contribution in [3.63, 3.8) is 0 Å². The van der Waals surface area contributed by atoms with Gasteiger partial charge in [0.1, 0.15) is 0 Å². The lowest BCUT2D eigenvalue weighted by Crippen LogP contribution is -2.28. The fourth-order valence-electron chi connectivity index (χ4n) is 2.64. The zero-order valence-electron chi connectivity index (χ0n) is 12.5. The fraction of sp³-hybridized carbons (Fsp3) is 0.800. The number of anilines is 1. The van der Waals surface area contributed by atoms with E-state index in [0.717, 1.165) is 37.3 Å². The van der Waals surface area contributed by atoms with Crippen LogP contribution in [-0.2, 0) is 17.7 Å². The predicted molar refractivity (Wildman–Crippen MR) is 83.6 cm³/mol. The van der Waals surface area contributed by atoms with Gasteiger partial charge in [-0.3, -0.25) is 0 Å². The molecule has 5 heteroatoms. The Bertz CT molecular complexity index is 438. The van der Waals surface area contributed by atoms with Crippen molar-refractivity contribution >= 4 is 16.5 Å². The van der Waals surface area contributed by atoms with Crippen LogP contribution in [0.2, 0.25) is 0 Å². The molecule has 1 atom stereocenters. The van der Waals surface area contributed by atoms with E-state index in [9.17, 15) is 0 Å². The molecular weight excluding hydrogens is 270 g/mol. The third-order valence-electron chi connectivity index (χ3n) is 4.06. The highest BCUT2D eigenvalue weighted by molar-refractivity contribution is 7.15. The molecule has 0 spiro atoms. The standard InChI is InChI=1S/C15H25N3OS/c1-3-13-14(9-16-11-6-7-11)20-15(17-13)18(2)10-12-5-4-8-19-12/h11-12,16H,3-10H2,1-2H3. The van der Waals surface area contributed by atoms with Crippen molar-refractivity contribution in [3.05, 3.63) is 10.6 Å². The molecule has 3 rings (SSSR count). The van der Waals surface area contributed by atoms with Crippen molar-refractivity contribution < 1.29 is 4.74 Å². The third-order valence-corrected chi connectivity index (χ3v) is 5.27. The molecule has 20 heavy (non-hydrogen) atoms. The summed E-state index contributed by atoms with van der Waals surface area (Å²) in [4.78, 5) is 8.49. The Morgan fingerprint density at radius 1 is 1.40 bits per heavy atom. The molecule has 1 saturated heterocycles. The minimum absolute atomic E-state index is 0.391. The van der Waals surface area contributed by atoms with E-state index in [-0.39, 0.29) is 0 Å². The van der Waals surface area contributed by atoms with E-state index < -0.39 is 0 Å². The lowest BCUT2D eigenvalue weighted by Gasteiger charge is -2.19. The molecule has 0 radical (unpaired) electrons. The Morgan fingerprint density at radius 2 is 2.25 bits per heavy atom. The Morgan fingerprint density at radius 3 is 2.90 bits per heavy atom. The molecule has 1 aliphatic carbocycles. The summed E-state index contributed by atoms with van der Waals surface area (Å²) in [6.07, 6.45) is 6.48. The number of hydrogen-bond donors (Lipinski definition) is 1. The summed E-state index contributed by atoms with van der Waals surface area (Å²) < 4.78 is 5.72. The average Bonchev–Trinajstić information content (AvgIpc) is 2.98. The number of aryl methyl sites for hydroxylation is 1. The van der Waals surface area contributed by atoms with Gasteiger partial charge >= 0.3 is 0 Å². The van der Waals surface area contributed by atoms with E-state index in [1.54, 1.807) is 0 Å². The van der Waals surface area contributed by atoms with E-state index in [1.807, 2.05) is 11.3 Å². The van der Waals surface area contributed by atoms with Crippen LogP contribution in [0.15, 0.2) is 0 Å². The van der Waals surface area contributed by atoms with Gasteiger partial charge in [-0.05, 0) is 32.1 Å². The van der Waals surface area contributed by atoms with Gasteiger partial charge in [-0.1, -0.05) is 6.92 Å². The molecule has 0 aromatic carbocycles. The summed E-state index contributed by atoms with van der Waals surface area (Å²) in [5.41, 5.74) is 1.26. The highest BCUT2D eigenvalue weighted by atomic mass is 32.1. The van der Waals surface area contributed by atoms with Crippen LogP contribution >= 0.6 is 11.3 Å². The summed E-state index contributed by atoms with van der Waals surface area (Å²) in [5.74, 6) is 0. The summed E-state index contributed by atoms with van der Waals surface area (Å²) in [7, 11) is 2.14. The number of ether oxygens (including phenoxy) is 1. The van der Waals surface area contributed by atoms with E-state index in [1.165, 1.54) is 36.3 Å². The number of hydrogen-bond acceptors (Lipinski definition) is 5.